The van der Waals surface area contributed by atoms with Crippen molar-refractivity contribution in [2.75, 3.05) is 0 Å². The van der Waals surface area contributed by atoms with Crippen LogP contribution in [0.3, 0.4) is 0 Å². The fourth-order valence-corrected chi connectivity index (χ4v) is 3.14. The lowest BCUT2D eigenvalue weighted by atomic mass is 10.1. The third-order valence-corrected chi connectivity index (χ3v) is 4.57. The van der Waals surface area contributed by atoms with Crippen molar-refractivity contribution in [3.05, 3.63) is 45.7 Å². The van der Waals surface area contributed by atoms with E-state index in [1.165, 1.54) is 18.3 Å². The summed E-state index contributed by atoms with van der Waals surface area (Å²) in [5.74, 6) is -0.934. The Morgan fingerprint density at radius 2 is 2.18 bits per heavy atom. The smallest absolute Gasteiger partial charge is 0.354 e. The molecule has 2 aromatic heterocycles. The fourth-order valence-electron chi connectivity index (χ4n) is 2.21. The Kier molecular flexibility index (Phi) is 3.89. The number of carbonyl (C=O) groups excluding carboxylic acids is 1. The summed E-state index contributed by atoms with van der Waals surface area (Å²) in [5.41, 5.74) is 1.22. The topological polar surface area (TPSA) is 92.2 Å². The van der Waals surface area contributed by atoms with E-state index in [1.54, 1.807) is 11.3 Å². The second-order valence-corrected chi connectivity index (χ2v) is 6.24. The largest absolute Gasteiger partial charge is 0.477 e. The number of rotatable bonds is 5. The number of carboxylic acids is 1. The third kappa shape index (κ3) is 3.14. The molecule has 1 atom stereocenters. The highest BCUT2D eigenvalue weighted by Gasteiger charge is 2.35. The van der Waals surface area contributed by atoms with Gasteiger partial charge in [-0.05, 0) is 37.8 Å². The van der Waals surface area contributed by atoms with E-state index in [1.807, 2.05) is 12.3 Å². The van der Waals surface area contributed by atoms with Crippen LogP contribution in [-0.2, 0) is 0 Å². The molecule has 22 heavy (non-hydrogen) atoms. The number of aromatic carboxylic acids is 1. The molecule has 1 aliphatic carbocycles. The van der Waals surface area contributed by atoms with Gasteiger partial charge < -0.3 is 10.4 Å². The molecule has 1 amide bonds. The average molecular weight is 317 g/mol. The van der Waals surface area contributed by atoms with Gasteiger partial charge in [0, 0.05) is 17.3 Å². The molecule has 0 radical (unpaired) electrons. The SMILES string of the molecule is Cc1csc(C(NC(=O)c2ccc(C(=O)O)nc2)C2CC2)n1. The van der Waals surface area contributed by atoms with Gasteiger partial charge in [0.25, 0.3) is 5.91 Å². The van der Waals surface area contributed by atoms with Crippen molar-refractivity contribution < 1.29 is 14.7 Å². The first-order chi connectivity index (χ1) is 10.5. The molecule has 0 spiro atoms. The van der Waals surface area contributed by atoms with E-state index in [0.717, 1.165) is 23.5 Å². The van der Waals surface area contributed by atoms with Crippen LogP contribution in [-0.4, -0.2) is 27.0 Å². The number of carbonyl (C=O) groups is 2. The van der Waals surface area contributed by atoms with Gasteiger partial charge in [0.15, 0.2) is 0 Å². The summed E-state index contributed by atoms with van der Waals surface area (Å²) in [6, 6.07) is 2.73. The van der Waals surface area contributed by atoms with E-state index < -0.39 is 5.97 Å². The molecule has 3 rings (SSSR count). The minimum atomic E-state index is -1.11. The van der Waals surface area contributed by atoms with Crippen LogP contribution in [0.4, 0.5) is 0 Å². The lowest BCUT2D eigenvalue weighted by molar-refractivity contribution is 0.0689. The summed E-state index contributed by atoms with van der Waals surface area (Å²) in [5, 5.41) is 14.7. The molecule has 7 heteroatoms. The predicted octanol–water partition coefficient (Wildman–Crippen LogP) is 2.43. The summed E-state index contributed by atoms with van der Waals surface area (Å²) in [6.07, 6.45) is 3.45. The van der Waals surface area contributed by atoms with E-state index >= 15 is 0 Å². The lowest BCUT2D eigenvalue weighted by Crippen LogP contribution is -2.30. The molecule has 1 saturated carbocycles. The molecule has 0 saturated heterocycles. The minimum Gasteiger partial charge on any atom is -0.477 e. The van der Waals surface area contributed by atoms with Crippen molar-refractivity contribution in [3.8, 4) is 0 Å². The molecule has 2 heterocycles. The minimum absolute atomic E-state index is 0.0779. The van der Waals surface area contributed by atoms with Gasteiger partial charge in [0.1, 0.15) is 10.7 Å². The summed E-state index contributed by atoms with van der Waals surface area (Å²) >= 11 is 1.55. The first-order valence-electron chi connectivity index (χ1n) is 6.97. The number of aryl methyl sites for hydroxylation is 1. The molecule has 0 aliphatic heterocycles. The lowest BCUT2D eigenvalue weighted by Gasteiger charge is -2.15. The maximum atomic E-state index is 12.3. The Balaban J connectivity index is 1.75. The molecular formula is C15H15N3O3S. The number of hydrogen-bond acceptors (Lipinski definition) is 5. The molecule has 2 N–H and O–H groups in total. The quantitative estimate of drug-likeness (QED) is 0.883. The summed E-state index contributed by atoms with van der Waals surface area (Å²) in [7, 11) is 0. The van der Waals surface area contributed by atoms with Crippen molar-refractivity contribution in [3.63, 3.8) is 0 Å². The van der Waals surface area contributed by atoms with Crippen molar-refractivity contribution in [1.82, 2.24) is 15.3 Å². The fraction of sp³-hybridized carbons (Fsp3) is 0.333. The maximum absolute atomic E-state index is 12.3. The maximum Gasteiger partial charge on any atom is 0.354 e. The Morgan fingerprint density at radius 3 is 2.68 bits per heavy atom. The van der Waals surface area contributed by atoms with Crippen LogP contribution in [0.25, 0.3) is 0 Å². The standard InChI is InChI=1S/C15H15N3O3S/c1-8-7-22-14(17-8)12(9-2-3-9)18-13(19)10-4-5-11(15(20)21)16-6-10/h4-7,9,12H,2-3H2,1H3,(H,18,19)(H,20,21). The zero-order chi connectivity index (χ0) is 15.7. The van der Waals surface area contributed by atoms with Crippen molar-refractivity contribution in [2.45, 2.75) is 25.8 Å². The number of amides is 1. The Labute approximate surface area is 131 Å². The molecule has 0 bridgehead atoms. The van der Waals surface area contributed by atoms with Gasteiger partial charge in [0.2, 0.25) is 0 Å². The first-order valence-corrected chi connectivity index (χ1v) is 7.85. The molecule has 6 nitrogen and oxygen atoms in total. The molecule has 114 valence electrons. The Morgan fingerprint density at radius 1 is 1.41 bits per heavy atom. The van der Waals surface area contributed by atoms with E-state index in [0.29, 0.717) is 11.5 Å². The molecule has 1 fully saturated rings. The number of hydrogen-bond donors (Lipinski definition) is 2. The average Bonchev–Trinajstić information content (AvgIpc) is 3.26. The highest BCUT2D eigenvalue weighted by Crippen LogP contribution is 2.41. The van der Waals surface area contributed by atoms with Crippen LogP contribution in [0, 0.1) is 12.8 Å². The van der Waals surface area contributed by atoms with Crippen LogP contribution >= 0.6 is 11.3 Å². The zero-order valence-electron chi connectivity index (χ0n) is 11.9. The summed E-state index contributed by atoms with van der Waals surface area (Å²) < 4.78 is 0. The molecule has 0 aromatic carbocycles. The van der Waals surface area contributed by atoms with E-state index in [4.69, 9.17) is 5.11 Å². The van der Waals surface area contributed by atoms with Crippen LogP contribution in [0.5, 0.6) is 0 Å². The monoisotopic (exact) mass is 317 g/mol. The second-order valence-electron chi connectivity index (χ2n) is 5.35. The molecule has 2 aromatic rings. The Bertz CT molecular complexity index is 707. The van der Waals surface area contributed by atoms with Crippen LogP contribution < -0.4 is 5.32 Å². The van der Waals surface area contributed by atoms with Crippen LogP contribution in [0.1, 0.15) is 50.4 Å². The van der Waals surface area contributed by atoms with Gasteiger partial charge in [-0.2, -0.15) is 0 Å². The van der Waals surface area contributed by atoms with Crippen molar-refractivity contribution in [1.29, 1.82) is 0 Å². The highest BCUT2D eigenvalue weighted by molar-refractivity contribution is 7.09. The number of carboxylic acid groups (broad SMARTS) is 1. The van der Waals surface area contributed by atoms with Gasteiger partial charge in [-0.1, -0.05) is 0 Å². The normalized spacial score (nSPS) is 15.3. The summed E-state index contributed by atoms with van der Waals surface area (Å²) in [4.78, 5) is 31.3. The second kappa shape index (κ2) is 5.84. The van der Waals surface area contributed by atoms with Crippen LogP contribution in [0.15, 0.2) is 23.7 Å². The molecule has 1 aliphatic rings. The van der Waals surface area contributed by atoms with E-state index in [-0.39, 0.29) is 17.6 Å². The van der Waals surface area contributed by atoms with Gasteiger partial charge in [-0.15, -0.1) is 11.3 Å². The predicted molar refractivity (Wildman–Crippen MR) is 81.0 cm³/mol. The first kappa shape index (κ1) is 14.6. The number of nitrogens with one attached hydrogen (secondary N) is 1. The van der Waals surface area contributed by atoms with Gasteiger partial charge in [0.05, 0.1) is 11.6 Å². The zero-order valence-corrected chi connectivity index (χ0v) is 12.8. The van der Waals surface area contributed by atoms with Gasteiger partial charge >= 0.3 is 5.97 Å². The van der Waals surface area contributed by atoms with Crippen molar-refractivity contribution in [2.24, 2.45) is 5.92 Å². The molecular weight excluding hydrogens is 302 g/mol. The Hall–Kier alpha value is -2.28. The van der Waals surface area contributed by atoms with Crippen LogP contribution in [0.2, 0.25) is 0 Å². The van der Waals surface area contributed by atoms with E-state index in [9.17, 15) is 9.59 Å². The number of nitrogens with zero attached hydrogens (tertiary/aromatic N) is 2. The molecule has 1 unspecified atom stereocenters. The van der Waals surface area contributed by atoms with E-state index in [2.05, 4.69) is 15.3 Å². The number of thiazole rings is 1. The highest BCUT2D eigenvalue weighted by atomic mass is 32.1. The number of pyridine rings is 1. The number of aromatic nitrogens is 2. The third-order valence-electron chi connectivity index (χ3n) is 3.53. The van der Waals surface area contributed by atoms with Gasteiger partial charge in [-0.3, -0.25) is 4.79 Å². The van der Waals surface area contributed by atoms with Gasteiger partial charge in [-0.25, -0.2) is 14.8 Å². The van der Waals surface area contributed by atoms with Crippen molar-refractivity contribution >= 4 is 23.2 Å². The summed E-state index contributed by atoms with van der Waals surface area (Å²) in [6.45, 7) is 1.93.